The molecule has 1 fully saturated rings. The van der Waals surface area contributed by atoms with Crippen molar-refractivity contribution in [2.45, 2.75) is 39.7 Å². The molecular weight excluding hydrogens is 446 g/mol. The molecule has 3 N–H and O–H groups in total. The predicted octanol–water partition coefficient (Wildman–Crippen LogP) is 3.52. The molecule has 9 nitrogen and oxygen atoms in total. The van der Waals surface area contributed by atoms with Crippen LogP contribution in [-0.4, -0.2) is 66.3 Å². The van der Waals surface area contributed by atoms with Gasteiger partial charge in [0, 0.05) is 37.4 Å². The smallest absolute Gasteiger partial charge is 0.162 e. The van der Waals surface area contributed by atoms with E-state index in [4.69, 9.17) is 24.0 Å². The molecule has 35 heavy (non-hydrogen) atoms. The van der Waals surface area contributed by atoms with Gasteiger partial charge in [-0.15, -0.1) is 0 Å². The molecule has 0 saturated carbocycles. The van der Waals surface area contributed by atoms with Crippen LogP contribution in [0.25, 0.3) is 22.6 Å². The Morgan fingerprint density at radius 3 is 2.69 bits per heavy atom. The number of likely N-dealkylation sites (N-methyl/N-ethyl adjacent to an activating group) is 1. The van der Waals surface area contributed by atoms with Gasteiger partial charge < -0.3 is 29.7 Å². The molecule has 0 bridgehead atoms. The maximum absolute atomic E-state index is 9.98. The van der Waals surface area contributed by atoms with Crippen LogP contribution in [0.1, 0.15) is 29.9 Å². The summed E-state index contributed by atoms with van der Waals surface area (Å²) in [6, 6.07) is 7.63. The van der Waals surface area contributed by atoms with E-state index in [1.54, 1.807) is 7.05 Å². The van der Waals surface area contributed by atoms with Crippen LogP contribution in [-0.2, 0) is 4.74 Å². The summed E-state index contributed by atoms with van der Waals surface area (Å²) in [5.41, 5.74) is 4.27. The number of benzene rings is 1. The first-order valence-electron chi connectivity index (χ1n) is 12.2. The van der Waals surface area contributed by atoms with E-state index in [0.29, 0.717) is 24.0 Å². The largest absolute Gasteiger partial charge is 0.491 e. The molecule has 2 aromatic heterocycles. The molecule has 1 atom stereocenters. The van der Waals surface area contributed by atoms with E-state index in [2.05, 4.69) is 15.8 Å². The minimum Gasteiger partial charge on any atom is -0.491 e. The monoisotopic (exact) mass is 481 g/mol. The van der Waals surface area contributed by atoms with E-state index in [-0.39, 0.29) is 6.61 Å². The van der Waals surface area contributed by atoms with Gasteiger partial charge in [0.25, 0.3) is 0 Å². The molecule has 1 saturated heterocycles. The summed E-state index contributed by atoms with van der Waals surface area (Å²) in [5, 5.41) is 20.6. The lowest BCUT2D eigenvalue weighted by molar-refractivity contribution is 0.0699. The van der Waals surface area contributed by atoms with Gasteiger partial charge in [-0.2, -0.15) is 0 Å². The molecule has 1 aromatic carbocycles. The molecule has 0 aliphatic carbocycles. The number of aryl methyl sites for hydroxylation is 2. The van der Waals surface area contributed by atoms with Crippen molar-refractivity contribution < 1.29 is 19.1 Å². The molecule has 0 unspecified atom stereocenters. The van der Waals surface area contributed by atoms with Crippen molar-refractivity contribution in [3.63, 3.8) is 0 Å². The Hall–Kier alpha value is -3.01. The van der Waals surface area contributed by atoms with Gasteiger partial charge in [-0.25, -0.2) is 9.97 Å². The zero-order valence-electron chi connectivity index (χ0n) is 20.9. The number of nitrogens with zero attached hydrogens (tertiary/aromatic N) is 3. The van der Waals surface area contributed by atoms with Crippen LogP contribution in [0.5, 0.6) is 5.75 Å². The minimum atomic E-state index is -0.591. The Balaban J connectivity index is 1.67. The lowest BCUT2D eigenvalue weighted by atomic mass is 10.00. The zero-order chi connectivity index (χ0) is 24.8. The van der Waals surface area contributed by atoms with Crippen molar-refractivity contribution in [3.05, 3.63) is 41.3 Å². The summed E-state index contributed by atoms with van der Waals surface area (Å²) >= 11 is 0. The standard InChI is InChI=1S/C26H35N5O4/c1-16-24(23-17(2)31-35-18(23)3)29-26(30-25(16)28-13-19-8-10-33-11-9-19)20-6-5-7-22(12-20)34-15-21(32)14-27-4/h5-7,12,19,21,27,32H,8-11,13-15H2,1-4H3,(H,28,29,30)/t21-/m1/s1. The minimum absolute atomic E-state index is 0.196. The fourth-order valence-electron chi connectivity index (χ4n) is 4.29. The van der Waals surface area contributed by atoms with E-state index in [1.807, 2.05) is 45.0 Å². The van der Waals surface area contributed by atoms with Gasteiger partial charge >= 0.3 is 0 Å². The first-order valence-corrected chi connectivity index (χ1v) is 12.2. The second-order valence-corrected chi connectivity index (χ2v) is 9.06. The Bertz CT molecular complexity index is 1110. The molecule has 0 radical (unpaired) electrons. The number of nitrogens with one attached hydrogen (secondary N) is 2. The van der Waals surface area contributed by atoms with Crippen LogP contribution < -0.4 is 15.4 Å². The number of ether oxygens (including phenoxy) is 2. The number of anilines is 1. The van der Waals surface area contributed by atoms with Crippen molar-refractivity contribution in [2.24, 2.45) is 5.92 Å². The Kier molecular flexibility index (Phi) is 8.33. The lowest BCUT2D eigenvalue weighted by Crippen LogP contribution is -2.29. The van der Waals surface area contributed by atoms with E-state index in [9.17, 15) is 5.11 Å². The average molecular weight is 482 g/mol. The van der Waals surface area contributed by atoms with Crippen LogP contribution in [0.15, 0.2) is 28.8 Å². The first-order chi connectivity index (χ1) is 17.0. The molecule has 1 aliphatic rings. The average Bonchev–Trinajstić information content (AvgIpc) is 3.20. The van der Waals surface area contributed by atoms with Gasteiger partial charge in [-0.3, -0.25) is 0 Å². The van der Waals surface area contributed by atoms with Crippen molar-refractivity contribution in [1.82, 2.24) is 20.4 Å². The second kappa shape index (κ2) is 11.6. The van der Waals surface area contributed by atoms with Gasteiger partial charge in [0.15, 0.2) is 5.82 Å². The molecule has 4 rings (SSSR count). The third-order valence-electron chi connectivity index (χ3n) is 6.29. The van der Waals surface area contributed by atoms with Crippen LogP contribution >= 0.6 is 0 Å². The summed E-state index contributed by atoms with van der Waals surface area (Å²) in [4.78, 5) is 9.84. The van der Waals surface area contributed by atoms with Gasteiger partial charge in [-0.05, 0) is 58.7 Å². The molecule has 3 heterocycles. The number of aliphatic hydroxyl groups is 1. The Labute approximate surface area is 206 Å². The molecule has 3 aromatic rings. The van der Waals surface area contributed by atoms with Crippen LogP contribution in [0, 0.1) is 26.7 Å². The van der Waals surface area contributed by atoms with Crippen molar-refractivity contribution in [3.8, 4) is 28.4 Å². The molecule has 0 amide bonds. The first kappa shape index (κ1) is 25.1. The highest BCUT2D eigenvalue weighted by molar-refractivity contribution is 5.74. The third-order valence-corrected chi connectivity index (χ3v) is 6.29. The van der Waals surface area contributed by atoms with Gasteiger partial charge in [0.1, 0.15) is 30.0 Å². The molecule has 9 heteroatoms. The third kappa shape index (κ3) is 6.17. The maximum atomic E-state index is 9.98. The van der Waals surface area contributed by atoms with Crippen molar-refractivity contribution in [1.29, 1.82) is 0 Å². The summed E-state index contributed by atoms with van der Waals surface area (Å²) < 4.78 is 16.8. The normalized spacial score (nSPS) is 15.2. The second-order valence-electron chi connectivity index (χ2n) is 9.06. The van der Waals surface area contributed by atoms with E-state index < -0.39 is 6.10 Å². The van der Waals surface area contributed by atoms with Crippen molar-refractivity contribution in [2.75, 3.05) is 45.3 Å². The number of aromatic nitrogens is 3. The topological polar surface area (TPSA) is 115 Å². The summed E-state index contributed by atoms with van der Waals surface area (Å²) in [6.45, 7) is 8.95. The SMILES string of the molecule is CNC[C@@H](O)COc1cccc(-c2nc(NCC3CCOCC3)c(C)c(-c3c(C)noc3C)n2)c1. The summed E-state index contributed by atoms with van der Waals surface area (Å²) in [6.07, 6.45) is 1.49. The fourth-order valence-corrected chi connectivity index (χ4v) is 4.29. The summed E-state index contributed by atoms with van der Waals surface area (Å²) in [5.74, 6) is 3.30. The van der Waals surface area contributed by atoms with E-state index in [0.717, 1.165) is 72.3 Å². The number of aliphatic hydroxyl groups excluding tert-OH is 1. The van der Waals surface area contributed by atoms with E-state index in [1.165, 1.54) is 0 Å². The van der Waals surface area contributed by atoms with Gasteiger partial charge in [0.2, 0.25) is 0 Å². The fraction of sp³-hybridized carbons (Fsp3) is 0.500. The quantitative estimate of drug-likeness (QED) is 0.400. The number of hydrogen-bond acceptors (Lipinski definition) is 9. The highest BCUT2D eigenvalue weighted by atomic mass is 16.5. The predicted molar refractivity (Wildman–Crippen MR) is 135 cm³/mol. The van der Waals surface area contributed by atoms with Crippen molar-refractivity contribution >= 4 is 5.82 Å². The van der Waals surface area contributed by atoms with Crippen LogP contribution in [0.3, 0.4) is 0 Å². The van der Waals surface area contributed by atoms with Gasteiger partial charge in [-0.1, -0.05) is 17.3 Å². The Morgan fingerprint density at radius 1 is 1.17 bits per heavy atom. The lowest BCUT2D eigenvalue weighted by Gasteiger charge is -2.23. The molecule has 188 valence electrons. The van der Waals surface area contributed by atoms with Crippen LogP contribution in [0.2, 0.25) is 0 Å². The van der Waals surface area contributed by atoms with Gasteiger partial charge in [0.05, 0.1) is 17.0 Å². The summed E-state index contributed by atoms with van der Waals surface area (Å²) in [7, 11) is 1.79. The Morgan fingerprint density at radius 2 is 1.97 bits per heavy atom. The highest BCUT2D eigenvalue weighted by Crippen LogP contribution is 2.34. The highest BCUT2D eigenvalue weighted by Gasteiger charge is 2.21. The number of rotatable bonds is 10. The molecule has 1 aliphatic heterocycles. The molecule has 0 spiro atoms. The maximum Gasteiger partial charge on any atom is 0.162 e. The number of hydrogen-bond donors (Lipinski definition) is 3. The van der Waals surface area contributed by atoms with Crippen LogP contribution in [0.4, 0.5) is 5.82 Å². The zero-order valence-corrected chi connectivity index (χ0v) is 20.9. The van der Waals surface area contributed by atoms with E-state index >= 15 is 0 Å². The molecular formula is C26H35N5O4.